The number of benzene rings is 1. The van der Waals surface area contributed by atoms with E-state index in [1.807, 2.05) is 6.08 Å². The van der Waals surface area contributed by atoms with Crippen molar-refractivity contribution >= 4 is 0 Å². The van der Waals surface area contributed by atoms with Gasteiger partial charge in [-0.25, -0.2) is 0 Å². The van der Waals surface area contributed by atoms with Crippen LogP contribution in [0.1, 0.15) is 51.7 Å². The molecule has 2 atom stereocenters. The van der Waals surface area contributed by atoms with Crippen molar-refractivity contribution in [1.29, 1.82) is 0 Å². The van der Waals surface area contributed by atoms with Gasteiger partial charge in [0.25, 0.3) is 0 Å². The Kier molecular flexibility index (Phi) is 5.75. The predicted molar refractivity (Wildman–Crippen MR) is 119 cm³/mol. The van der Waals surface area contributed by atoms with Crippen molar-refractivity contribution in [2.75, 3.05) is 0 Å². The number of hydrogen-bond acceptors (Lipinski definition) is 0. The maximum Gasteiger partial charge on any atom is 0.00674 e. The summed E-state index contributed by atoms with van der Waals surface area (Å²) in [6, 6.07) is 9.04. The zero-order chi connectivity index (χ0) is 19.6. The minimum absolute atomic E-state index is 0.189. The minimum Gasteiger partial charge on any atom is -0.103 e. The molecule has 0 fully saturated rings. The molecule has 0 saturated heterocycles. The second-order valence-electron chi connectivity index (χ2n) is 9.18. The topological polar surface area (TPSA) is 0 Å². The molecule has 0 spiro atoms. The van der Waals surface area contributed by atoms with Crippen molar-refractivity contribution in [3.8, 4) is 0 Å². The quantitative estimate of drug-likeness (QED) is 0.461. The van der Waals surface area contributed by atoms with Crippen LogP contribution in [-0.4, -0.2) is 0 Å². The molecular formula is C27H34. The third-order valence-corrected chi connectivity index (χ3v) is 6.00. The lowest BCUT2D eigenvalue weighted by atomic mass is 9.83. The van der Waals surface area contributed by atoms with E-state index >= 15 is 0 Å². The Bertz CT molecular complexity index is 816. The van der Waals surface area contributed by atoms with E-state index in [1.54, 1.807) is 5.57 Å². The highest BCUT2D eigenvalue weighted by Crippen LogP contribution is 2.44. The highest BCUT2D eigenvalue weighted by Gasteiger charge is 2.31. The van der Waals surface area contributed by atoms with Crippen LogP contribution < -0.4 is 0 Å². The third kappa shape index (κ3) is 4.43. The van der Waals surface area contributed by atoms with E-state index < -0.39 is 0 Å². The van der Waals surface area contributed by atoms with Gasteiger partial charge in [-0.3, -0.25) is 0 Å². The van der Waals surface area contributed by atoms with Crippen molar-refractivity contribution < 1.29 is 0 Å². The molecule has 0 amide bonds. The van der Waals surface area contributed by atoms with Crippen molar-refractivity contribution in [2.45, 2.75) is 53.9 Å². The largest absolute Gasteiger partial charge is 0.103 e. The van der Waals surface area contributed by atoms with E-state index in [2.05, 4.69) is 89.8 Å². The fraction of sp³-hybridized carbons (Fsp3) is 0.407. The summed E-state index contributed by atoms with van der Waals surface area (Å²) in [6.07, 6.45) is 15.0. The lowest BCUT2D eigenvalue weighted by molar-refractivity contribution is 0.516. The lowest BCUT2D eigenvalue weighted by Crippen LogP contribution is -2.09. The molecule has 0 heterocycles. The van der Waals surface area contributed by atoms with E-state index in [1.165, 1.54) is 27.8 Å². The van der Waals surface area contributed by atoms with Crippen LogP contribution in [0.25, 0.3) is 0 Å². The molecule has 0 N–H and O–H groups in total. The van der Waals surface area contributed by atoms with Gasteiger partial charge in [-0.05, 0) is 53.9 Å². The van der Waals surface area contributed by atoms with Crippen LogP contribution in [0.3, 0.4) is 0 Å². The molecule has 1 aromatic carbocycles. The van der Waals surface area contributed by atoms with Crippen LogP contribution in [0.5, 0.6) is 0 Å². The van der Waals surface area contributed by atoms with E-state index in [-0.39, 0.29) is 5.41 Å². The molecule has 0 heteroatoms. The average Bonchev–Trinajstić information content (AvgIpc) is 3.18. The second-order valence-corrected chi connectivity index (χ2v) is 9.18. The molecule has 0 nitrogen and oxygen atoms in total. The number of rotatable bonds is 6. The SMILES string of the molecule is C=CCCC1=CC=C(C2=CC(C(C)(C)C)=CC2Cc2ccc(C)cc2)C1C. The molecule has 2 aliphatic carbocycles. The summed E-state index contributed by atoms with van der Waals surface area (Å²) in [5.41, 5.74) is 9.00. The number of allylic oxidation sites excluding steroid dienone is 9. The fourth-order valence-electron chi connectivity index (χ4n) is 4.14. The highest BCUT2D eigenvalue weighted by atomic mass is 14.4. The summed E-state index contributed by atoms with van der Waals surface area (Å²) in [7, 11) is 0. The Morgan fingerprint density at radius 1 is 1.04 bits per heavy atom. The summed E-state index contributed by atoms with van der Waals surface area (Å²) in [4.78, 5) is 0. The van der Waals surface area contributed by atoms with Gasteiger partial charge in [-0.15, -0.1) is 6.58 Å². The standard InChI is InChI=1S/C27H34/c1-7-8-9-22-14-15-25(20(22)3)26-18-24(27(4,5)6)17-23(26)16-21-12-10-19(2)11-13-21/h7,10-15,17-18,20,23H,1,8-9,16H2,2-6H3. The maximum absolute atomic E-state index is 3.88. The smallest absolute Gasteiger partial charge is 0.00674 e. The minimum atomic E-state index is 0.189. The maximum atomic E-state index is 3.88. The summed E-state index contributed by atoms with van der Waals surface area (Å²) < 4.78 is 0. The van der Waals surface area contributed by atoms with E-state index in [4.69, 9.17) is 0 Å². The molecular weight excluding hydrogens is 324 g/mol. The first-order valence-electron chi connectivity index (χ1n) is 10.3. The molecule has 142 valence electrons. The van der Waals surface area contributed by atoms with Gasteiger partial charge in [-0.1, -0.05) is 93.5 Å². The van der Waals surface area contributed by atoms with Crippen molar-refractivity contribution in [2.24, 2.45) is 17.3 Å². The van der Waals surface area contributed by atoms with Crippen LogP contribution in [0.4, 0.5) is 0 Å². The summed E-state index contributed by atoms with van der Waals surface area (Å²) in [6.45, 7) is 15.4. The number of hydrogen-bond donors (Lipinski definition) is 0. The van der Waals surface area contributed by atoms with Crippen LogP contribution in [0.2, 0.25) is 0 Å². The monoisotopic (exact) mass is 358 g/mol. The molecule has 2 aliphatic rings. The molecule has 0 saturated carbocycles. The number of aryl methyl sites for hydroxylation is 1. The Labute approximate surface area is 166 Å². The van der Waals surface area contributed by atoms with Gasteiger partial charge in [0.1, 0.15) is 0 Å². The fourth-order valence-corrected chi connectivity index (χ4v) is 4.14. The van der Waals surface area contributed by atoms with Gasteiger partial charge in [0.2, 0.25) is 0 Å². The first kappa shape index (κ1) is 19.7. The predicted octanol–water partition coefficient (Wildman–Crippen LogP) is 7.53. The molecule has 0 radical (unpaired) electrons. The molecule has 0 aromatic heterocycles. The van der Waals surface area contributed by atoms with E-state index in [0.29, 0.717) is 11.8 Å². The zero-order valence-electron chi connectivity index (χ0n) is 17.7. The molecule has 2 unspecified atom stereocenters. The van der Waals surface area contributed by atoms with Crippen LogP contribution in [0.15, 0.2) is 83.5 Å². The van der Waals surface area contributed by atoms with Gasteiger partial charge < -0.3 is 0 Å². The summed E-state index contributed by atoms with van der Waals surface area (Å²) in [5, 5.41) is 0. The van der Waals surface area contributed by atoms with Crippen molar-refractivity contribution in [3.63, 3.8) is 0 Å². The lowest BCUT2D eigenvalue weighted by Gasteiger charge is -2.21. The van der Waals surface area contributed by atoms with Gasteiger partial charge in [-0.2, -0.15) is 0 Å². The first-order valence-corrected chi connectivity index (χ1v) is 10.3. The Morgan fingerprint density at radius 2 is 1.74 bits per heavy atom. The summed E-state index contributed by atoms with van der Waals surface area (Å²) >= 11 is 0. The molecule has 1 aromatic rings. The van der Waals surface area contributed by atoms with E-state index in [9.17, 15) is 0 Å². The third-order valence-electron chi connectivity index (χ3n) is 6.00. The van der Waals surface area contributed by atoms with Gasteiger partial charge >= 0.3 is 0 Å². The molecule has 0 aliphatic heterocycles. The highest BCUT2D eigenvalue weighted by molar-refractivity contribution is 5.54. The summed E-state index contributed by atoms with van der Waals surface area (Å²) in [5.74, 6) is 0.993. The van der Waals surface area contributed by atoms with Crippen LogP contribution in [0, 0.1) is 24.2 Å². The Balaban J connectivity index is 1.85. The second kappa shape index (κ2) is 7.89. The average molecular weight is 359 g/mol. The normalized spacial score (nSPS) is 22.3. The molecule has 3 rings (SSSR count). The van der Waals surface area contributed by atoms with Gasteiger partial charge in [0.15, 0.2) is 0 Å². The van der Waals surface area contributed by atoms with Crippen LogP contribution in [-0.2, 0) is 6.42 Å². The Hall–Kier alpha value is -2.08. The van der Waals surface area contributed by atoms with Crippen LogP contribution >= 0.6 is 0 Å². The molecule has 0 bridgehead atoms. The van der Waals surface area contributed by atoms with Gasteiger partial charge in [0.05, 0.1) is 0 Å². The van der Waals surface area contributed by atoms with Gasteiger partial charge in [0, 0.05) is 11.8 Å². The van der Waals surface area contributed by atoms with Crippen molar-refractivity contribution in [1.82, 2.24) is 0 Å². The molecule has 27 heavy (non-hydrogen) atoms. The first-order chi connectivity index (χ1) is 12.8. The van der Waals surface area contributed by atoms with Crippen molar-refractivity contribution in [3.05, 3.63) is 94.6 Å². The zero-order valence-corrected chi connectivity index (χ0v) is 17.7. The Morgan fingerprint density at radius 3 is 2.37 bits per heavy atom. The van der Waals surface area contributed by atoms with E-state index in [0.717, 1.165) is 19.3 Å².